The highest BCUT2D eigenvalue weighted by Gasteiger charge is 2.19. The molecule has 0 atom stereocenters. The van der Waals surface area contributed by atoms with E-state index in [4.69, 9.17) is 4.42 Å². The maximum Gasteiger partial charge on any atom is 0.307 e. The average Bonchev–Trinajstić information content (AvgIpc) is 3.59. The zero-order chi connectivity index (χ0) is 24.1. The Hall–Kier alpha value is -4.74. The first kappa shape index (κ1) is 22.5. The molecular weight excluding hydrogens is 442 g/mol. The van der Waals surface area contributed by atoms with E-state index < -0.39 is 16.7 Å². The maximum absolute atomic E-state index is 12.8. The molecule has 0 unspecified atom stereocenters. The highest BCUT2D eigenvalue weighted by molar-refractivity contribution is 6.08. The Morgan fingerprint density at radius 3 is 2.56 bits per heavy atom. The summed E-state index contributed by atoms with van der Waals surface area (Å²) < 4.78 is 8.22. The van der Waals surface area contributed by atoms with Crippen LogP contribution >= 0.6 is 0 Å². The van der Waals surface area contributed by atoms with Gasteiger partial charge in [0.05, 0.1) is 30.0 Å². The summed E-state index contributed by atoms with van der Waals surface area (Å²) in [6, 6.07) is 10.2. The Labute approximate surface area is 193 Å². The van der Waals surface area contributed by atoms with Crippen LogP contribution in [0.1, 0.15) is 39.1 Å². The first-order chi connectivity index (χ1) is 16.4. The van der Waals surface area contributed by atoms with E-state index in [0.717, 1.165) is 5.56 Å². The molecule has 3 aromatic heterocycles. The van der Waals surface area contributed by atoms with E-state index in [1.807, 2.05) is 6.92 Å². The minimum absolute atomic E-state index is 0.0902. The van der Waals surface area contributed by atoms with E-state index in [2.05, 4.69) is 20.8 Å². The molecule has 0 aliphatic rings. The summed E-state index contributed by atoms with van der Waals surface area (Å²) in [5.41, 5.74) is 1.48. The third-order valence-corrected chi connectivity index (χ3v) is 4.94. The third-order valence-electron chi connectivity index (χ3n) is 4.94. The lowest BCUT2D eigenvalue weighted by atomic mass is 10.1. The Kier molecular flexibility index (Phi) is 6.48. The van der Waals surface area contributed by atoms with Crippen LogP contribution in [0.15, 0.2) is 65.7 Å². The predicted octanol–water partition coefficient (Wildman–Crippen LogP) is 2.83. The second-order valence-corrected chi connectivity index (χ2v) is 7.31. The first-order valence-corrected chi connectivity index (χ1v) is 10.4. The maximum atomic E-state index is 12.8. The molecule has 0 aliphatic heterocycles. The highest BCUT2D eigenvalue weighted by Crippen LogP contribution is 2.17. The average molecular weight is 463 g/mol. The molecule has 4 rings (SSSR count). The number of nitrogens with zero attached hydrogens (tertiary/aromatic N) is 5. The SMILES string of the molecule is CCn1cc(NC(=O)c2ccc(Cn3cc([N+](=O)[O-])cn3)cc2)c(C(=O)NCc2ccco2)n1. The zero-order valence-electron chi connectivity index (χ0n) is 18.2. The van der Waals surface area contributed by atoms with Gasteiger partial charge in [-0.25, -0.2) is 0 Å². The zero-order valence-corrected chi connectivity index (χ0v) is 18.2. The number of nitrogens with one attached hydrogen (secondary N) is 2. The number of amides is 2. The molecule has 0 bridgehead atoms. The monoisotopic (exact) mass is 463 g/mol. The number of furan rings is 1. The van der Waals surface area contributed by atoms with Gasteiger partial charge in [0.2, 0.25) is 0 Å². The van der Waals surface area contributed by atoms with Crippen molar-refractivity contribution in [2.45, 2.75) is 26.6 Å². The number of benzene rings is 1. The molecule has 3 heterocycles. The molecular formula is C22H21N7O5. The van der Waals surface area contributed by atoms with Gasteiger partial charge in [0.1, 0.15) is 18.2 Å². The van der Waals surface area contributed by atoms with Crippen molar-refractivity contribution in [3.63, 3.8) is 0 Å². The molecule has 0 saturated heterocycles. The minimum atomic E-state index is -0.511. The number of aryl methyl sites for hydroxylation is 1. The number of aromatic nitrogens is 4. The van der Waals surface area contributed by atoms with Crippen molar-refractivity contribution >= 4 is 23.2 Å². The molecule has 174 valence electrons. The fourth-order valence-corrected chi connectivity index (χ4v) is 3.18. The van der Waals surface area contributed by atoms with E-state index in [9.17, 15) is 19.7 Å². The number of carbonyl (C=O) groups is 2. The van der Waals surface area contributed by atoms with Crippen molar-refractivity contribution in [2.24, 2.45) is 0 Å². The van der Waals surface area contributed by atoms with Gasteiger partial charge in [-0.3, -0.25) is 29.1 Å². The molecule has 1 aromatic carbocycles. The Balaban J connectivity index is 1.42. The van der Waals surface area contributed by atoms with Crippen molar-refractivity contribution in [1.29, 1.82) is 0 Å². The van der Waals surface area contributed by atoms with Gasteiger partial charge in [-0.2, -0.15) is 10.2 Å². The van der Waals surface area contributed by atoms with Crippen LogP contribution in [0.2, 0.25) is 0 Å². The summed E-state index contributed by atoms with van der Waals surface area (Å²) in [6.07, 6.45) is 5.63. The molecule has 0 spiro atoms. The number of hydrogen-bond donors (Lipinski definition) is 2. The Bertz CT molecular complexity index is 1310. The summed E-state index contributed by atoms with van der Waals surface area (Å²) in [6.45, 7) is 2.91. The lowest BCUT2D eigenvalue weighted by Gasteiger charge is -2.07. The Morgan fingerprint density at radius 1 is 1.12 bits per heavy atom. The lowest BCUT2D eigenvalue weighted by molar-refractivity contribution is -0.385. The number of hydrogen-bond acceptors (Lipinski definition) is 7. The second-order valence-electron chi connectivity index (χ2n) is 7.31. The first-order valence-electron chi connectivity index (χ1n) is 10.4. The minimum Gasteiger partial charge on any atom is -0.467 e. The van der Waals surface area contributed by atoms with Crippen molar-refractivity contribution in [3.8, 4) is 0 Å². The third kappa shape index (κ3) is 5.18. The molecule has 0 saturated carbocycles. The summed E-state index contributed by atoms with van der Waals surface area (Å²) in [5.74, 6) is -0.252. The van der Waals surface area contributed by atoms with Crippen molar-refractivity contribution in [3.05, 3.63) is 93.9 Å². The molecule has 0 fully saturated rings. The van der Waals surface area contributed by atoms with Gasteiger partial charge >= 0.3 is 5.69 Å². The van der Waals surface area contributed by atoms with E-state index in [1.165, 1.54) is 23.3 Å². The van der Waals surface area contributed by atoms with E-state index in [-0.39, 0.29) is 23.6 Å². The smallest absolute Gasteiger partial charge is 0.307 e. The molecule has 34 heavy (non-hydrogen) atoms. The molecule has 2 N–H and O–H groups in total. The molecule has 0 radical (unpaired) electrons. The Morgan fingerprint density at radius 2 is 1.91 bits per heavy atom. The van der Waals surface area contributed by atoms with Crippen molar-refractivity contribution in [2.75, 3.05) is 5.32 Å². The van der Waals surface area contributed by atoms with Crippen LogP contribution in [-0.2, 0) is 19.6 Å². The number of nitro groups is 1. The van der Waals surface area contributed by atoms with Crippen LogP contribution in [0.25, 0.3) is 0 Å². The van der Waals surface area contributed by atoms with Gasteiger partial charge in [-0.1, -0.05) is 12.1 Å². The van der Waals surface area contributed by atoms with Crippen LogP contribution in [0.5, 0.6) is 0 Å². The molecule has 2 amide bonds. The van der Waals surface area contributed by atoms with Crippen molar-refractivity contribution < 1.29 is 18.9 Å². The number of carbonyl (C=O) groups excluding carboxylic acids is 2. The van der Waals surface area contributed by atoms with Gasteiger partial charge in [0.15, 0.2) is 5.69 Å². The standard InChI is InChI=1S/C22H21N7O5/c1-2-27-14-19(20(26-27)22(31)23-11-18-4-3-9-34-18)25-21(30)16-7-5-15(6-8-16)12-28-13-17(10-24-28)29(32)33/h3-10,13-14H,2,11-12H2,1H3,(H,23,31)(H,25,30). The summed E-state index contributed by atoms with van der Waals surface area (Å²) >= 11 is 0. The number of anilines is 1. The van der Waals surface area contributed by atoms with Crippen LogP contribution in [-0.4, -0.2) is 36.3 Å². The van der Waals surface area contributed by atoms with Crippen LogP contribution in [0, 0.1) is 10.1 Å². The van der Waals surface area contributed by atoms with Crippen LogP contribution in [0.3, 0.4) is 0 Å². The quantitative estimate of drug-likeness (QED) is 0.286. The van der Waals surface area contributed by atoms with Crippen molar-refractivity contribution in [1.82, 2.24) is 24.9 Å². The lowest BCUT2D eigenvalue weighted by Crippen LogP contribution is -2.25. The molecule has 12 heteroatoms. The summed E-state index contributed by atoms with van der Waals surface area (Å²) in [4.78, 5) is 35.7. The number of rotatable bonds is 9. The normalized spacial score (nSPS) is 10.7. The van der Waals surface area contributed by atoms with Gasteiger partial charge in [0, 0.05) is 18.3 Å². The largest absolute Gasteiger partial charge is 0.467 e. The van der Waals surface area contributed by atoms with E-state index >= 15 is 0 Å². The van der Waals surface area contributed by atoms with Crippen LogP contribution in [0.4, 0.5) is 11.4 Å². The molecule has 4 aromatic rings. The fourth-order valence-electron chi connectivity index (χ4n) is 3.18. The van der Waals surface area contributed by atoms with Gasteiger partial charge in [-0.15, -0.1) is 0 Å². The fraction of sp³-hybridized carbons (Fsp3) is 0.182. The van der Waals surface area contributed by atoms with Gasteiger partial charge in [0.25, 0.3) is 11.8 Å². The van der Waals surface area contributed by atoms with Gasteiger partial charge < -0.3 is 15.1 Å². The topological polar surface area (TPSA) is 150 Å². The van der Waals surface area contributed by atoms with E-state index in [1.54, 1.807) is 47.3 Å². The molecule has 12 nitrogen and oxygen atoms in total. The van der Waals surface area contributed by atoms with Gasteiger partial charge in [-0.05, 0) is 36.8 Å². The van der Waals surface area contributed by atoms with E-state index in [0.29, 0.717) is 24.4 Å². The second kappa shape index (κ2) is 9.81. The van der Waals surface area contributed by atoms with Crippen LogP contribution < -0.4 is 10.6 Å². The predicted molar refractivity (Wildman–Crippen MR) is 120 cm³/mol. The summed E-state index contributed by atoms with van der Waals surface area (Å²) in [7, 11) is 0. The summed E-state index contributed by atoms with van der Waals surface area (Å²) in [5, 5.41) is 24.5. The highest BCUT2D eigenvalue weighted by atomic mass is 16.6. The molecule has 0 aliphatic carbocycles.